The van der Waals surface area contributed by atoms with E-state index in [1.807, 2.05) is 31.3 Å². The number of aromatic nitrogens is 2. The minimum Gasteiger partial charge on any atom is -0.404 e. The maximum Gasteiger partial charge on any atom is 0.407 e. The molecule has 2 aliphatic rings. The highest BCUT2D eigenvalue weighted by Gasteiger charge is 2.37. The van der Waals surface area contributed by atoms with E-state index < -0.39 is 12.7 Å². The normalized spacial score (nSPS) is 18.7. The van der Waals surface area contributed by atoms with Crippen molar-refractivity contribution in [1.82, 2.24) is 15.3 Å². The summed E-state index contributed by atoms with van der Waals surface area (Å²) in [6, 6.07) is 7.67. The molecule has 7 nitrogen and oxygen atoms in total. The number of rotatable bonds is 6. The van der Waals surface area contributed by atoms with Gasteiger partial charge in [-0.05, 0) is 43.4 Å². The lowest BCUT2D eigenvalue weighted by Crippen LogP contribution is -2.42. The predicted octanol–water partition coefficient (Wildman–Crippen LogP) is 3.70. The number of piperidine rings is 1. The van der Waals surface area contributed by atoms with E-state index in [1.165, 1.54) is 12.6 Å². The molecule has 10 heteroatoms. The summed E-state index contributed by atoms with van der Waals surface area (Å²) in [6.45, 7) is 2.59. The summed E-state index contributed by atoms with van der Waals surface area (Å²) in [7, 11) is 1.83. The third kappa shape index (κ3) is 5.49. The fourth-order valence-electron chi connectivity index (χ4n) is 4.60. The van der Waals surface area contributed by atoms with Gasteiger partial charge in [0.25, 0.3) is 0 Å². The Morgan fingerprint density at radius 3 is 2.56 bits per heavy atom. The Labute approximate surface area is 197 Å². The Morgan fingerprint density at radius 2 is 1.97 bits per heavy atom. The molecule has 0 radical (unpaired) electrons. The van der Waals surface area contributed by atoms with E-state index in [0.717, 1.165) is 56.5 Å². The zero-order valence-corrected chi connectivity index (χ0v) is 19.2. The summed E-state index contributed by atoms with van der Waals surface area (Å²) in [5.74, 6) is 0.612. The van der Waals surface area contributed by atoms with Gasteiger partial charge < -0.3 is 21.3 Å². The standard InChI is InChI=1S/C24H30F3N7/c1-29-19-4-2-17(3-5-19)21-20(18(12-28)13-31-16-24(25,26)27)14-32-22(33-21)34-10-7-23(8-11-34)6-9-30-15-23/h2-5,12-14,29-30H,6-11,15-16,28H2,1H3. The first kappa shape index (κ1) is 24.0. The molecule has 34 heavy (non-hydrogen) atoms. The molecule has 182 valence electrons. The van der Waals surface area contributed by atoms with Gasteiger partial charge in [0.05, 0.1) is 5.69 Å². The van der Waals surface area contributed by atoms with Gasteiger partial charge in [0.2, 0.25) is 5.95 Å². The summed E-state index contributed by atoms with van der Waals surface area (Å²) in [5.41, 5.74) is 9.36. The highest BCUT2D eigenvalue weighted by molar-refractivity contribution is 6.11. The van der Waals surface area contributed by atoms with Crippen molar-refractivity contribution < 1.29 is 13.2 Å². The van der Waals surface area contributed by atoms with E-state index in [1.54, 1.807) is 6.20 Å². The number of nitrogens with two attached hydrogens (primary N) is 1. The number of allylic oxidation sites excluding steroid dienone is 1. The SMILES string of the molecule is CNc1ccc(-c2nc(N3CCC4(CCNC4)CC3)ncc2C(C=NCC(F)(F)F)=CN)cc1. The average molecular weight is 474 g/mol. The molecule has 2 fully saturated rings. The highest BCUT2D eigenvalue weighted by Crippen LogP contribution is 2.38. The molecule has 0 atom stereocenters. The molecular weight excluding hydrogens is 443 g/mol. The minimum atomic E-state index is -4.39. The van der Waals surface area contributed by atoms with E-state index in [0.29, 0.717) is 28.2 Å². The number of halogens is 3. The van der Waals surface area contributed by atoms with Gasteiger partial charge >= 0.3 is 6.18 Å². The molecule has 4 N–H and O–H groups in total. The monoisotopic (exact) mass is 473 g/mol. The van der Waals surface area contributed by atoms with Gasteiger partial charge in [-0.3, -0.25) is 4.99 Å². The van der Waals surface area contributed by atoms with Crippen molar-refractivity contribution in [2.45, 2.75) is 25.4 Å². The molecule has 0 unspecified atom stereocenters. The Kier molecular flexibility index (Phi) is 7.06. The van der Waals surface area contributed by atoms with E-state index in [9.17, 15) is 13.2 Å². The van der Waals surface area contributed by atoms with Crippen LogP contribution in [-0.4, -0.2) is 62.1 Å². The lowest BCUT2D eigenvalue weighted by atomic mass is 9.78. The molecular formula is C24H30F3N7. The summed E-state index contributed by atoms with van der Waals surface area (Å²) < 4.78 is 37.8. The molecule has 0 amide bonds. The molecule has 1 aromatic heterocycles. The second-order valence-electron chi connectivity index (χ2n) is 8.88. The second-order valence-corrected chi connectivity index (χ2v) is 8.88. The van der Waals surface area contributed by atoms with Crippen LogP contribution in [0.3, 0.4) is 0 Å². The van der Waals surface area contributed by atoms with Gasteiger partial charge in [-0.1, -0.05) is 12.1 Å². The van der Waals surface area contributed by atoms with E-state index in [4.69, 9.17) is 10.7 Å². The van der Waals surface area contributed by atoms with Crippen LogP contribution in [0.4, 0.5) is 24.8 Å². The van der Waals surface area contributed by atoms with Crippen LogP contribution in [0.2, 0.25) is 0 Å². The van der Waals surface area contributed by atoms with Gasteiger partial charge in [-0.2, -0.15) is 13.2 Å². The lowest BCUT2D eigenvalue weighted by Gasteiger charge is -2.39. The number of aliphatic imine (C=N–C) groups is 1. The van der Waals surface area contributed by atoms with Crippen LogP contribution in [0.15, 0.2) is 41.7 Å². The van der Waals surface area contributed by atoms with Crippen molar-refractivity contribution in [3.8, 4) is 11.3 Å². The van der Waals surface area contributed by atoms with Crippen molar-refractivity contribution in [3.05, 3.63) is 42.2 Å². The summed E-state index contributed by atoms with van der Waals surface area (Å²) in [4.78, 5) is 15.1. The van der Waals surface area contributed by atoms with Crippen molar-refractivity contribution >= 4 is 23.4 Å². The Morgan fingerprint density at radius 1 is 1.24 bits per heavy atom. The number of nitrogens with one attached hydrogen (secondary N) is 2. The topological polar surface area (TPSA) is 91.5 Å². The third-order valence-electron chi connectivity index (χ3n) is 6.65. The van der Waals surface area contributed by atoms with E-state index in [-0.39, 0.29) is 0 Å². The highest BCUT2D eigenvalue weighted by atomic mass is 19.4. The number of hydrogen-bond donors (Lipinski definition) is 3. The molecule has 1 spiro atoms. The van der Waals surface area contributed by atoms with Gasteiger partial charge in [0.1, 0.15) is 6.54 Å². The molecule has 0 saturated carbocycles. The first-order chi connectivity index (χ1) is 16.3. The molecule has 4 rings (SSSR count). The first-order valence-electron chi connectivity index (χ1n) is 11.4. The lowest BCUT2D eigenvalue weighted by molar-refractivity contribution is -0.118. The van der Waals surface area contributed by atoms with Crippen LogP contribution in [0.25, 0.3) is 16.8 Å². The molecule has 1 aromatic carbocycles. The Hall–Kier alpha value is -3.14. The smallest absolute Gasteiger partial charge is 0.404 e. The van der Waals surface area contributed by atoms with Gasteiger partial charge in [-0.15, -0.1) is 0 Å². The zero-order chi connectivity index (χ0) is 24.2. The quantitative estimate of drug-likeness (QED) is 0.555. The van der Waals surface area contributed by atoms with Crippen molar-refractivity contribution in [2.75, 3.05) is 50.0 Å². The van der Waals surface area contributed by atoms with E-state index in [2.05, 4.69) is 25.5 Å². The van der Waals surface area contributed by atoms with Crippen LogP contribution in [0, 0.1) is 5.41 Å². The number of nitrogens with zero attached hydrogens (tertiary/aromatic N) is 4. The zero-order valence-electron chi connectivity index (χ0n) is 19.2. The summed E-state index contributed by atoms with van der Waals surface area (Å²) >= 11 is 0. The van der Waals surface area contributed by atoms with Crippen LogP contribution < -0.4 is 21.3 Å². The van der Waals surface area contributed by atoms with Crippen molar-refractivity contribution in [1.29, 1.82) is 0 Å². The van der Waals surface area contributed by atoms with Gasteiger partial charge in [0, 0.05) is 67.7 Å². The number of benzene rings is 1. The molecule has 2 aromatic rings. The Bertz CT molecular complexity index is 1030. The fraction of sp³-hybridized carbons (Fsp3) is 0.458. The molecule has 2 aliphatic heterocycles. The Balaban J connectivity index is 1.65. The van der Waals surface area contributed by atoms with Crippen LogP contribution in [-0.2, 0) is 0 Å². The van der Waals surface area contributed by atoms with Gasteiger partial charge in [-0.25, -0.2) is 9.97 Å². The minimum absolute atomic E-state index is 0.332. The van der Waals surface area contributed by atoms with Crippen LogP contribution in [0.5, 0.6) is 0 Å². The molecule has 0 bridgehead atoms. The van der Waals surface area contributed by atoms with Crippen molar-refractivity contribution in [2.24, 2.45) is 16.1 Å². The first-order valence-corrected chi connectivity index (χ1v) is 11.4. The summed E-state index contributed by atoms with van der Waals surface area (Å²) in [5, 5.41) is 6.55. The number of alkyl halides is 3. The molecule has 2 saturated heterocycles. The molecule has 3 heterocycles. The van der Waals surface area contributed by atoms with Crippen LogP contribution >= 0.6 is 0 Å². The largest absolute Gasteiger partial charge is 0.407 e. The van der Waals surface area contributed by atoms with Crippen LogP contribution in [0.1, 0.15) is 24.8 Å². The summed E-state index contributed by atoms with van der Waals surface area (Å²) in [6.07, 6.45) is 2.97. The van der Waals surface area contributed by atoms with Gasteiger partial charge in [0.15, 0.2) is 0 Å². The predicted molar refractivity (Wildman–Crippen MR) is 130 cm³/mol. The fourth-order valence-corrected chi connectivity index (χ4v) is 4.60. The number of hydrogen-bond acceptors (Lipinski definition) is 7. The van der Waals surface area contributed by atoms with E-state index >= 15 is 0 Å². The maximum atomic E-state index is 12.6. The second kappa shape index (κ2) is 10.0. The van der Waals surface area contributed by atoms with Crippen molar-refractivity contribution in [3.63, 3.8) is 0 Å². The third-order valence-corrected chi connectivity index (χ3v) is 6.65. The number of anilines is 2. The average Bonchev–Trinajstić information content (AvgIpc) is 3.29. The maximum absolute atomic E-state index is 12.6. The molecule has 0 aliphatic carbocycles.